The van der Waals surface area contributed by atoms with Crippen LogP contribution in [0.15, 0.2) is 42.5 Å². The van der Waals surface area contributed by atoms with Crippen LogP contribution in [0.2, 0.25) is 0 Å². The summed E-state index contributed by atoms with van der Waals surface area (Å²) < 4.78 is 11.2. The largest absolute Gasteiger partial charge is 0.493 e. The van der Waals surface area contributed by atoms with E-state index in [4.69, 9.17) is 9.47 Å². The predicted octanol–water partition coefficient (Wildman–Crippen LogP) is 3.35. The Bertz CT molecular complexity index is 887. The van der Waals surface area contributed by atoms with E-state index >= 15 is 0 Å². The Morgan fingerprint density at radius 3 is 2.60 bits per heavy atom. The van der Waals surface area contributed by atoms with Gasteiger partial charge in [0.25, 0.3) is 5.91 Å². The Kier molecular flexibility index (Phi) is 7.13. The zero-order chi connectivity index (χ0) is 21.5. The molecule has 0 aliphatic carbocycles. The van der Waals surface area contributed by atoms with Gasteiger partial charge < -0.3 is 24.6 Å². The second kappa shape index (κ2) is 9.98. The number of anilines is 1. The fourth-order valence-corrected chi connectivity index (χ4v) is 3.58. The highest BCUT2D eigenvalue weighted by molar-refractivity contribution is 6.03. The number of methoxy groups -OCH3 is 1. The van der Waals surface area contributed by atoms with Crippen molar-refractivity contribution in [3.63, 3.8) is 0 Å². The minimum atomic E-state index is -1.29. The van der Waals surface area contributed by atoms with Crippen molar-refractivity contribution >= 4 is 17.7 Å². The second-order valence-corrected chi connectivity index (χ2v) is 7.08. The topological polar surface area (TPSA) is 108 Å². The molecule has 3 N–H and O–H groups in total. The van der Waals surface area contributed by atoms with E-state index < -0.39 is 6.09 Å². The number of nitrogens with zero attached hydrogens (tertiary/aromatic N) is 1. The Hall–Kier alpha value is -3.26. The van der Waals surface area contributed by atoms with Gasteiger partial charge in [0.2, 0.25) is 0 Å². The van der Waals surface area contributed by atoms with Crippen molar-refractivity contribution in [2.24, 2.45) is 0 Å². The average Bonchev–Trinajstić information content (AvgIpc) is 2.77. The van der Waals surface area contributed by atoms with Gasteiger partial charge in [0.15, 0.2) is 11.5 Å². The highest BCUT2D eigenvalue weighted by atomic mass is 16.5. The van der Waals surface area contributed by atoms with E-state index in [0.29, 0.717) is 24.5 Å². The summed E-state index contributed by atoms with van der Waals surface area (Å²) in [5.41, 5.74) is 1.20. The Morgan fingerprint density at radius 2 is 1.93 bits per heavy atom. The molecule has 0 radical (unpaired) electrons. The first kappa shape index (κ1) is 21.4. The third-order valence-electron chi connectivity index (χ3n) is 5.11. The van der Waals surface area contributed by atoms with Crippen LogP contribution in [0.3, 0.4) is 0 Å². The molecule has 1 atom stereocenters. The lowest BCUT2D eigenvalue weighted by molar-refractivity contribution is 0.0503. The molecule has 0 unspecified atom stereocenters. The summed E-state index contributed by atoms with van der Waals surface area (Å²) in [4.78, 5) is 26.1. The number of nitrogens with one attached hydrogen (secondary N) is 1. The van der Waals surface area contributed by atoms with E-state index in [-0.39, 0.29) is 36.4 Å². The van der Waals surface area contributed by atoms with Crippen molar-refractivity contribution < 1.29 is 29.3 Å². The number of rotatable bonds is 7. The minimum Gasteiger partial charge on any atom is -0.493 e. The summed E-state index contributed by atoms with van der Waals surface area (Å²) in [7, 11) is 1.46. The second-order valence-electron chi connectivity index (χ2n) is 7.08. The normalized spacial score (nSPS) is 16.1. The molecular formula is C22H26N2O6. The van der Waals surface area contributed by atoms with Crippen LogP contribution >= 0.6 is 0 Å². The maximum Gasteiger partial charge on any atom is 0.409 e. The Morgan fingerprint density at radius 1 is 1.17 bits per heavy atom. The zero-order valence-corrected chi connectivity index (χ0v) is 16.8. The number of carbonyl (C=O) groups excluding carboxylic acids is 1. The molecule has 8 nitrogen and oxygen atoms in total. The highest BCUT2D eigenvalue weighted by Crippen LogP contribution is 2.35. The maximum atomic E-state index is 13.2. The van der Waals surface area contributed by atoms with Crippen LogP contribution < -0.4 is 14.8 Å². The van der Waals surface area contributed by atoms with Gasteiger partial charge in [-0.1, -0.05) is 30.3 Å². The molecule has 8 heteroatoms. The molecular weight excluding hydrogens is 388 g/mol. The van der Waals surface area contributed by atoms with Crippen molar-refractivity contribution in [2.45, 2.75) is 31.9 Å². The molecule has 2 aromatic carbocycles. The molecule has 2 amide bonds. The van der Waals surface area contributed by atoms with Crippen LogP contribution in [-0.2, 0) is 6.61 Å². The summed E-state index contributed by atoms with van der Waals surface area (Å²) in [6, 6.07) is 12.2. The van der Waals surface area contributed by atoms with Crippen LogP contribution in [0.5, 0.6) is 11.5 Å². The van der Waals surface area contributed by atoms with Gasteiger partial charge in [-0.05, 0) is 30.9 Å². The lowest BCUT2D eigenvalue weighted by atomic mass is 10.0. The molecule has 0 bridgehead atoms. The van der Waals surface area contributed by atoms with Crippen molar-refractivity contribution in [3.8, 4) is 11.5 Å². The quantitative estimate of drug-likeness (QED) is 0.641. The summed E-state index contributed by atoms with van der Waals surface area (Å²) in [6.45, 7) is 0.629. The van der Waals surface area contributed by atoms with Gasteiger partial charge in [0, 0.05) is 12.6 Å². The van der Waals surface area contributed by atoms with Crippen molar-refractivity contribution in [1.29, 1.82) is 0 Å². The summed E-state index contributed by atoms with van der Waals surface area (Å²) in [5, 5.41) is 21.2. The van der Waals surface area contributed by atoms with E-state index in [9.17, 15) is 19.8 Å². The average molecular weight is 414 g/mol. The van der Waals surface area contributed by atoms with Gasteiger partial charge >= 0.3 is 6.09 Å². The summed E-state index contributed by atoms with van der Waals surface area (Å²) in [5.74, 6) is 0.284. The SMILES string of the molecule is COc1cc(C(=O)N2CCCC[C@H]2CO)c(NC(=O)O)cc1OCc1ccccc1. The molecule has 0 saturated carbocycles. The van der Waals surface area contributed by atoms with E-state index in [1.807, 2.05) is 30.3 Å². The predicted molar refractivity (Wildman–Crippen MR) is 111 cm³/mol. The Balaban J connectivity index is 1.93. The number of hydrogen-bond donors (Lipinski definition) is 3. The van der Waals surface area contributed by atoms with Gasteiger partial charge in [0.1, 0.15) is 6.61 Å². The standard InChI is InChI=1S/C22H26N2O6/c1-29-19-11-17(21(26)24-10-6-5-9-16(24)13-25)18(23-22(27)28)12-20(19)30-14-15-7-3-2-4-8-15/h2-4,7-8,11-12,16,23,25H,5-6,9-10,13-14H2,1H3,(H,27,28)/t16-/m0/s1. The number of carboxylic acid groups (broad SMARTS) is 1. The van der Waals surface area contributed by atoms with Crippen molar-refractivity contribution in [2.75, 3.05) is 25.6 Å². The molecule has 1 aliphatic heterocycles. The number of hydrogen-bond acceptors (Lipinski definition) is 5. The first-order valence-electron chi connectivity index (χ1n) is 9.84. The summed E-state index contributed by atoms with van der Waals surface area (Å²) >= 11 is 0. The molecule has 3 rings (SSSR count). The molecule has 1 aliphatic rings. The molecule has 1 fully saturated rings. The molecule has 1 saturated heterocycles. The van der Waals surface area contributed by atoms with Gasteiger partial charge in [-0.2, -0.15) is 0 Å². The number of benzene rings is 2. The van der Waals surface area contributed by atoms with Crippen LogP contribution in [0.25, 0.3) is 0 Å². The molecule has 0 aromatic heterocycles. The van der Waals surface area contributed by atoms with Crippen LogP contribution in [0.4, 0.5) is 10.5 Å². The lowest BCUT2D eigenvalue weighted by Gasteiger charge is -2.35. The number of ether oxygens (including phenoxy) is 2. The smallest absolute Gasteiger partial charge is 0.409 e. The Labute approximate surface area is 175 Å². The highest BCUT2D eigenvalue weighted by Gasteiger charge is 2.29. The van der Waals surface area contributed by atoms with Crippen LogP contribution in [0.1, 0.15) is 35.2 Å². The number of aliphatic hydroxyl groups is 1. The molecule has 160 valence electrons. The molecule has 30 heavy (non-hydrogen) atoms. The minimum absolute atomic E-state index is 0.110. The summed E-state index contributed by atoms with van der Waals surface area (Å²) in [6.07, 6.45) is 1.18. The third-order valence-corrected chi connectivity index (χ3v) is 5.11. The van der Waals surface area contributed by atoms with Crippen molar-refractivity contribution in [1.82, 2.24) is 4.90 Å². The molecule has 2 aromatic rings. The number of aliphatic hydroxyl groups excluding tert-OH is 1. The number of carbonyl (C=O) groups is 2. The van der Waals surface area contributed by atoms with Crippen LogP contribution in [-0.4, -0.2) is 53.4 Å². The first-order chi connectivity index (χ1) is 14.5. The van der Waals surface area contributed by atoms with Gasteiger partial charge in [-0.15, -0.1) is 0 Å². The van der Waals surface area contributed by atoms with Crippen molar-refractivity contribution in [3.05, 3.63) is 53.6 Å². The first-order valence-corrected chi connectivity index (χ1v) is 9.84. The third kappa shape index (κ3) is 5.01. The van der Waals surface area contributed by atoms with E-state index in [0.717, 1.165) is 18.4 Å². The van der Waals surface area contributed by atoms with E-state index in [2.05, 4.69) is 5.32 Å². The van der Waals surface area contributed by atoms with Gasteiger partial charge in [0.05, 0.1) is 31.0 Å². The van der Waals surface area contributed by atoms with Gasteiger partial charge in [-0.3, -0.25) is 10.1 Å². The monoisotopic (exact) mass is 414 g/mol. The lowest BCUT2D eigenvalue weighted by Crippen LogP contribution is -2.45. The maximum absolute atomic E-state index is 13.2. The fraction of sp³-hybridized carbons (Fsp3) is 0.364. The molecule has 0 spiro atoms. The number of likely N-dealkylation sites (tertiary alicyclic amines) is 1. The number of amides is 2. The van der Waals surface area contributed by atoms with E-state index in [1.54, 1.807) is 4.90 Å². The molecule has 1 heterocycles. The van der Waals surface area contributed by atoms with Gasteiger partial charge in [-0.25, -0.2) is 4.79 Å². The zero-order valence-electron chi connectivity index (χ0n) is 16.8. The fourth-order valence-electron chi connectivity index (χ4n) is 3.58. The number of piperidine rings is 1. The van der Waals surface area contributed by atoms with E-state index in [1.165, 1.54) is 19.2 Å². The van der Waals surface area contributed by atoms with Crippen LogP contribution in [0, 0.1) is 0 Å².